The molecular weight excluding hydrogens is 545 g/mol. The van der Waals surface area contributed by atoms with E-state index in [2.05, 4.69) is 5.32 Å². The maximum Gasteiger partial charge on any atom is 0.243 e. The number of nitrogens with one attached hydrogen (secondary N) is 1. The molecule has 0 unspecified atom stereocenters. The summed E-state index contributed by atoms with van der Waals surface area (Å²) in [5, 5.41) is 5.39. The molecule has 0 aliphatic rings. The summed E-state index contributed by atoms with van der Waals surface area (Å²) in [6.07, 6.45) is 0.319. The molecule has 0 spiro atoms. The van der Waals surface area contributed by atoms with Crippen molar-refractivity contribution in [3.63, 3.8) is 0 Å². The fourth-order valence-electron chi connectivity index (χ4n) is 4.08. The highest BCUT2D eigenvalue weighted by Crippen LogP contribution is 2.25. The van der Waals surface area contributed by atoms with E-state index < -0.39 is 34.1 Å². The molecule has 0 aliphatic carbocycles. The van der Waals surface area contributed by atoms with E-state index in [1.807, 2.05) is 45.0 Å². The molecule has 0 aromatic heterocycles. The molecule has 204 valence electrons. The lowest BCUT2D eigenvalue weighted by molar-refractivity contribution is -0.142. The Bertz CT molecular complexity index is 1440. The minimum Gasteiger partial charge on any atom is -0.350 e. The Kier molecular flexibility index (Phi) is 9.47. The van der Waals surface area contributed by atoms with Crippen LogP contribution in [0.1, 0.15) is 39.7 Å². The van der Waals surface area contributed by atoms with Crippen LogP contribution in [-0.4, -0.2) is 54.6 Å². The first-order valence-corrected chi connectivity index (χ1v) is 14.4. The quantitative estimate of drug-likeness (QED) is 0.364. The zero-order valence-electron chi connectivity index (χ0n) is 22.2. The Morgan fingerprint density at radius 1 is 0.974 bits per heavy atom. The molecule has 0 bridgehead atoms. The van der Waals surface area contributed by atoms with Gasteiger partial charge in [0, 0.05) is 29.2 Å². The highest BCUT2D eigenvalue weighted by atomic mass is 35.5. The van der Waals surface area contributed by atoms with Crippen molar-refractivity contribution >= 4 is 55.8 Å². The van der Waals surface area contributed by atoms with E-state index in [0.29, 0.717) is 22.0 Å². The van der Waals surface area contributed by atoms with Gasteiger partial charge in [-0.3, -0.25) is 9.59 Å². The van der Waals surface area contributed by atoms with E-state index in [1.165, 1.54) is 18.0 Å². The molecule has 3 aromatic rings. The first-order chi connectivity index (χ1) is 17.7. The number of nitrogens with zero attached hydrogens (tertiary/aromatic N) is 2. The number of amides is 2. The number of hydrogen-bond acceptors (Lipinski definition) is 4. The number of carbonyl (C=O) groups is 2. The predicted octanol–water partition coefficient (Wildman–Crippen LogP) is 5.49. The fourth-order valence-corrected chi connectivity index (χ4v) is 5.70. The minimum absolute atomic E-state index is 0.00870. The number of rotatable bonds is 9. The third kappa shape index (κ3) is 7.26. The third-order valence-corrected chi connectivity index (χ3v) is 8.41. The molecule has 10 heteroatoms. The van der Waals surface area contributed by atoms with Gasteiger partial charge in [-0.15, -0.1) is 0 Å². The van der Waals surface area contributed by atoms with Gasteiger partial charge in [-0.2, -0.15) is 4.31 Å². The van der Waals surface area contributed by atoms with Crippen molar-refractivity contribution in [3.05, 3.63) is 76.3 Å². The average molecular weight is 579 g/mol. The van der Waals surface area contributed by atoms with Crippen molar-refractivity contribution in [1.82, 2.24) is 14.5 Å². The molecule has 0 saturated carbocycles. The third-order valence-electron chi connectivity index (χ3n) is 6.03. The molecule has 1 atom stereocenters. The predicted molar refractivity (Wildman–Crippen MR) is 153 cm³/mol. The largest absolute Gasteiger partial charge is 0.350 e. The maximum absolute atomic E-state index is 13.7. The number of sulfonamides is 1. The Hall–Kier alpha value is -2.65. The van der Waals surface area contributed by atoms with Crippen molar-refractivity contribution in [2.24, 2.45) is 0 Å². The van der Waals surface area contributed by atoms with Gasteiger partial charge in [-0.1, -0.05) is 66.5 Å². The standard InChI is InChI=1S/C28H33Cl2N3O4S/c1-6-25(27(35)31-28(2,3)4)33(17-21-11-13-22(29)16-24(21)30)26(34)18-32(5)38(36,37)23-14-12-19-9-7-8-10-20(19)15-23/h7-16,25H,6,17-18H2,1-5H3,(H,31,35)/t25-/m1/s1. The molecule has 0 saturated heterocycles. The van der Waals surface area contributed by atoms with Crippen LogP contribution in [0, 0.1) is 0 Å². The molecule has 0 radical (unpaired) electrons. The van der Waals surface area contributed by atoms with Crippen molar-refractivity contribution in [2.45, 2.75) is 57.1 Å². The van der Waals surface area contributed by atoms with E-state index in [9.17, 15) is 18.0 Å². The van der Waals surface area contributed by atoms with Crippen molar-refractivity contribution in [3.8, 4) is 0 Å². The summed E-state index contributed by atoms with van der Waals surface area (Å²) in [5.41, 5.74) is 0.0688. The normalized spacial score (nSPS) is 12.9. The summed E-state index contributed by atoms with van der Waals surface area (Å²) in [6, 6.07) is 16.3. The van der Waals surface area contributed by atoms with Gasteiger partial charge in [0.25, 0.3) is 0 Å². The Labute approximate surface area is 234 Å². The van der Waals surface area contributed by atoms with Gasteiger partial charge in [0.2, 0.25) is 21.8 Å². The maximum atomic E-state index is 13.7. The van der Waals surface area contributed by atoms with E-state index >= 15 is 0 Å². The average Bonchev–Trinajstić information content (AvgIpc) is 2.83. The van der Waals surface area contributed by atoms with E-state index in [4.69, 9.17) is 23.2 Å². The molecular formula is C28H33Cl2N3O4S. The second kappa shape index (κ2) is 12.0. The smallest absolute Gasteiger partial charge is 0.243 e. The van der Waals surface area contributed by atoms with Crippen LogP contribution in [-0.2, 0) is 26.2 Å². The molecule has 0 fully saturated rings. The van der Waals surface area contributed by atoms with Gasteiger partial charge in [-0.25, -0.2) is 8.42 Å². The lowest BCUT2D eigenvalue weighted by atomic mass is 10.1. The van der Waals surface area contributed by atoms with Gasteiger partial charge in [0.05, 0.1) is 11.4 Å². The highest BCUT2D eigenvalue weighted by molar-refractivity contribution is 7.89. The first kappa shape index (κ1) is 29.9. The topological polar surface area (TPSA) is 86.8 Å². The highest BCUT2D eigenvalue weighted by Gasteiger charge is 2.33. The number of carbonyl (C=O) groups excluding carboxylic acids is 2. The van der Waals surface area contributed by atoms with Gasteiger partial charge in [-0.05, 0) is 67.8 Å². The van der Waals surface area contributed by atoms with Crippen LogP contribution in [0.3, 0.4) is 0 Å². The van der Waals surface area contributed by atoms with Crippen LogP contribution >= 0.6 is 23.2 Å². The molecule has 2 amide bonds. The van der Waals surface area contributed by atoms with Crippen LogP contribution in [0.5, 0.6) is 0 Å². The number of halogens is 2. The van der Waals surface area contributed by atoms with Crippen molar-refractivity contribution < 1.29 is 18.0 Å². The van der Waals surface area contributed by atoms with Crippen LogP contribution in [0.25, 0.3) is 10.8 Å². The van der Waals surface area contributed by atoms with Gasteiger partial charge >= 0.3 is 0 Å². The van der Waals surface area contributed by atoms with E-state index in [0.717, 1.165) is 15.1 Å². The van der Waals surface area contributed by atoms with Gasteiger partial charge < -0.3 is 10.2 Å². The molecule has 1 N–H and O–H groups in total. The Morgan fingerprint density at radius 2 is 1.63 bits per heavy atom. The molecule has 0 heterocycles. The SMILES string of the molecule is CC[C@H](C(=O)NC(C)(C)C)N(Cc1ccc(Cl)cc1Cl)C(=O)CN(C)S(=O)(=O)c1ccc2ccccc2c1. The van der Waals surface area contributed by atoms with Crippen molar-refractivity contribution in [2.75, 3.05) is 13.6 Å². The summed E-state index contributed by atoms with van der Waals surface area (Å²) >= 11 is 12.4. The zero-order chi connectivity index (χ0) is 28.3. The lowest BCUT2D eigenvalue weighted by Gasteiger charge is -2.34. The monoisotopic (exact) mass is 577 g/mol. The molecule has 3 aromatic carbocycles. The van der Waals surface area contributed by atoms with Crippen molar-refractivity contribution in [1.29, 1.82) is 0 Å². The molecule has 3 rings (SSSR count). The van der Waals surface area contributed by atoms with Crippen LogP contribution < -0.4 is 5.32 Å². The number of benzene rings is 3. The number of hydrogen-bond donors (Lipinski definition) is 1. The number of likely N-dealkylation sites (N-methyl/N-ethyl adjacent to an activating group) is 1. The van der Waals surface area contributed by atoms with E-state index in [-0.39, 0.29) is 17.3 Å². The van der Waals surface area contributed by atoms with E-state index in [1.54, 1.807) is 37.3 Å². The second-order valence-electron chi connectivity index (χ2n) is 10.2. The summed E-state index contributed by atoms with van der Waals surface area (Å²) in [6.45, 7) is 6.90. The molecule has 38 heavy (non-hydrogen) atoms. The Morgan fingerprint density at radius 3 is 2.24 bits per heavy atom. The van der Waals surface area contributed by atoms with Crippen LogP contribution in [0.4, 0.5) is 0 Å². The minimum atomic E-state index is -3.99. The fraction of sp³-hybridized carbons (Fsp3) is 0.357. The van der Waals surface area contributed by atoms with Crippen LogP contribution in [0.2, 0.25) is 10.0 Å². The summed E-state index contributed by atoms with van der Waals surface area (Å²) in [7, 11) is -2.63. The summed E-state index contributed by atoms with van der Waals surface area (Å²) < 4.78 is 27.8. The second-order valence-corrected chi connectivity index (χ2v) is 13.1. The van der Waals surface area contributed by atoms with Gasteiger partial charge in [0.15, 0.2) is 0 Å². The molecule has 7 nitrogen and oxygen atoms in total. The lowest BCUT2D eigenvalue weighted by Crippen LogP contribution is -2.55. The summed E-state index contributed by atoms with van der Waals surface area (Å²) in [5.74, 6) is -0.864. The van der Waals surface area contributed by atoms with Gasteiger partial charge in [0.1, 0.15) is 6.04 Å². The summed E-state index contributed by atoms with van der Waals surface area (Å²) in [4.78, 5) is 28.3. The molecule has 0 aliphatic heterocycles. The zero-order valence-corrected chi connectivity index (χ0v) is 24.5. The van der Waals surface area contributed by atoms with Crippen LogP contribution in [0.15, 0.2) is 65.6 Å². The number of fused-ring (bicyclic) bond motifs is 1. The first-order valence-electron chi connectivity index (χ1n) is 12.2. The Balaban J connectivity index is 1.92.